The normalized spacial score (nSPS) is 16.5. The van der Waals surface area contributed by atoms with E-state index in [0.717, 1.165) is 18.5 Å². The maximum absolute atomic E-state index is 11.9. The number of carbonyl (C=O) groups is 2. The maximum atomic E-state index is 11.9. The van der Waals surface area contributed by atoms with Crippen molar-refractivity contribution < 1.29 is 14.7 Å². The lowest BCUT2D eigenvalue weighted by Crippen LogP contribution is -2.35. The van der Waals surface area contributed by atoms with Crippen LogP contribution in [0.3, 0.4) is 0 Å². The maximum Gasteiger partial charge on any atom is 0.311 e. The third-order valence-corrected chi connectivity index (χ3v) is 4.03. The molecule has 1 fully saturated rings. The molecular weight excluding hydrogens is 270 g/mol. The number of amides is 1. The molecule has 0 radical (unpaired) electrons. The molecule has 21 heavy (non-hydrogen) atoms. The number of carbonyl (C=O) groups excluding carboxylic acids is 1. The van der Waals surface area contributed by atoms with Crippen LogP contribution in [0.2, 0.25) is 0 Å². The van der Waals surface area contributed by atoms with Gasteiger partial charge in [0.1, 0.15) is 5.69 Å². The van der Waals surface area contributed by atoms with Crippen molar-refractivity contribution in [1.82, 2.24) is 9.88 Å². The van der Waals surface area contributed by atoms with E-state index in [1.165, 1.54) is 4.90 Å². The van der Waals surface area contributed by atoms with E-state index >= 15 is 0 Å². The third-order valence-electron chi connectivity index (χ3n) is 4.03. The van der Waals surface area contributed by atoms with Crippen molar-refractivity contribution >= 4 is 17.6 Å². The molecular formula is C15H21N3O3. The van der Waals surface area contributed by atoms with Gasteiger partial charge in [-0.1, -0.05) is 12.8 Å². The molecule has 1 heterocycles. The number of nitrogens with zero attached hydrogens (tertiary/aromatic N) is 2. The second-order valence-corrected chi connectivity index (χ2v) is 5.78. The minimum Gasteiger partial charge on any atom is -0.481 e. The summed E-state index contributed by atoms with van der Waals surface area (Å²) in [7, 11) is 3.34. The second kappa shape index (κ2) is 6.11. The van der Waals surface area contributed by atoms with Crippen molar-refractivity contribution in [2.75, 3.05) is 26.0 Å². The largest absolute Gasteiger partial charge is 0.481 e. The summed E-state index contributed by atoms with van der Waals surface area (Å²) in [6, 6.07) is 3.41. The Morgan fingerprint density at radius 2 is 2.05 bits per heavy atom. The van der Waals surface area contributed by atoms with Crippen LogP contribution in [-0.4, -0.2) is 47.5 Å². The third kappa shape index (κ3) is 3.32. The minimum absolute atomic E-state index is 0.174. The Kier molecular flexibility index (Phi) is 4.45. The second-order valence-electron chi connectivity index (χ2n) is 5.78. The quantitative estimate of drug-likeness (QED) is 0.865. The van der Waals surface area contributed by atoms with Gasteiger partial charge in [0.2, 0.25) is 0 Å². The molecule has 0 saturated heterocycles. The van der Waals surface area contributed by atoms with Crippen molar-refractivity contribution in [3.63, 3.8) is 0 Å². The van der Waals surface area contributed by atoms with Gasteiger partial charge in [0.15, 0.2) is 0 Å². The first kappa shape index (κ1) is 15.3. The summed E-state index contributed by atoms with van der Waals surface area (Å²) in [6.07, 6.45) is 4.86. The van der Waals surface area contributed by atoms with Crippen molar-refractivity contribution in [3.8, 4) is 0 Å². The van der Waals surface area contributed by atoms with Gasteiger partial charge in [0.25, 0.3) is 5.91 Å². The standard InChI is InChI=1S/C15H21N3O3/c1-18(2)13(19)12-9-11(5-8-16-12)17-10-15(14(20)21)6-3-4-7-15/h5,8-9H,3-4,6-7,10H2,1-2H3,(H,16,17)(H,20,21). The average Bonchev–Trinajstić information content (AvgIpc) is 2.95. The molecule has 0 spiro atoms. The van der Waals surface area contributed by atoms with Gasteiger partial charge in [0.05, 0.1) is 5.41 Å². The summed E-state index contributed by atoms with van der Waals surface area (Å²) in [5.74, 6) is -0.918. The van der Waals surface area contributed by atoms with Gasteiger partial charge in [-0.2, -0.15) is 0 Å². The van der Waals surface area contributed by atoms with Crippen LogP contribution in [0.25, 0.3) is 0 Å². The van der Waals surface area contributed by atoms with E-state index in [0.29, 0.717) is 25.1 Å². The van der Waals surface area contributed by atoms with Crippen molar-refractivity contribution in [1.29, 1.82) is 0 Å². The first-order valence-electron chi connectivity index (χ1n) is 7.10. The lowest BCUT2D eigenvalue weighted by atomic mass is 9.86. The topological polar surface area (TPSA) is 82.5 Å². The molecule has 6 heteroatoms. The number of hydrogen-bond acceptors (Lipinski definition) is 4. The highest BCUT2D eigenvalue weighted by atomic mass is 16.4. The highest BCUT2D eigenvalue weighted by molar-refractivity contribution is 5.92. The molecule has 0 bridgehead atoms. The van der Waals surface area contributed by atoms with Crippen LogP contribution in [0.1, 0.15) is 36.2 Å². The molecule has 0 atom stereocenters. The molecule has 2 N–H and O–H groups in total. The number of rotatable bonds is 5. The fourth-order valence-electron chi connectivity index (χ4n) is 2.68. The summed E-state index contributed by atoms with van der Waals surface area (Å²) >= 11 is 0. The van der Waals surface area contributed by atoms with E-state index in [9.17, 15) is 14.7 Å². The monoisotopic (exact) mass is 291 g/mol. The number of nitrogens with one attached hydrogen (secondary N) is 1. The minimum atomic E-state index is -0.744. The number of pyridine rings is 1. The van der Waals surface area contributed by atoms with Crippen LogP contribution in [0.15, 0.2) is 18.3 Å². The summed E-state index contributed by atoms with van der Waals surface area (Å²) < 4.78 is 0. The molecule has 1 aromatic rings. The van der Waals surface area contributed by atoms with Crippen molar-refractivity contribution in [2.45, 2.75) is 25.7 Å². The number of anilines is 1. The molecule has 2 rings (SSSR count). The molecule has 114 valence electrons. The smallest absolute Gasteiger partial charge is 0.311 e. The SMILES string of the molecule is CN(C)C(=O)c1cc(NCC2(C(=O)O)CCCC2)ccn1. The number of carboxylic acids is 1. The number of aliphatic carboxylic acids is 1. The van der Waals surface area contributed by atoms with Gasteiger partial charge in [-0.15, -0.1) is 0 Å². The first-order valence-corrected chi connectivity index (χ1v) is 7.10. The highest BCUT2D eigenvalue weighted by Crippen LogP contribution is 2.38. The van der Waals surface area contributed by atoms with E-state index in [1.807, 2.05) is 0 Å². The van der Waals surface area contributed by atoms with Crippen LogP contribution >= 0.6 is 0 Å². The van der Waals surface area contributed by atoms with E-state index < -0.39 is 11.4 Å². The summed E-state index contributed by atoms with van der Waals surface area (Å²) in [5, 5.41) is 12.6. The summed E-state index contributed by atoms with van der Waals surface area (Å²) in [6.45, 7) is 0.377. The lowest BCUT2D eigenvalue weighted by molar-refractivity contribution is -0.147. The van der Waals surface area contributed by atoms with Crippen LogP contribution < -0.4 is 5.32 Å². The lowest BCUT2D eigenvalue weighted by Gasteiger charge is -2.24. The van der Waals surface area contributed by atoms with Crippen LogP contribution in [0.4, 0.5) is 5.69 Å². The molecule has 0 unspecified atom stereocenters. The molecule has 1 saturated carbocycles. The predicted octanol–water partition coefficient (Wildman–Crippen LogP) is 1.84. The van der Waals surface area contributed by atoms with E-state index in [4.69, 9.17) is 0 Å². The molecule has 1 aliphatic carbocycles. The van der Waals surface area contributed by atoms with Crippen LogP contribution in [0, 0.1) is 5.41 Å². The molecule has 1 aromatic heterocycles. The molecule has 1 amide bonds. The Hall–Kier alpha value is -2.11. The van der Waals surface area contributed by atoms with Crippen molar-refractivity contribution in [2.24, 2.45) is 5.41 Å². The van der Waals surface area contributed by atoms with Gasteiger partial charge in [0, 0.05) is 32.5 Å². The van der Waals surface area contributed by atoms with Gasteiger partial charge in [-0.05, 0) is 25.0 Å². The average molecular weight is 291 g/mol. The Balaban J connectivity index is 2.08. The zero-order valence-electron chi connectivity index (χ0n) is 12.4. The summed E-state index contributed by atoms with van der Waals surface area (Å²) in [4.78, 5) is 28.9. The molecule has 0 aliphatic heterocycles. The number of aromatic nitrogens is 1. The van der Waals surface area contributed by atoms with Crippen LogP contribution in [0.5, 0.6) is 0 Å². The van der Waals surface area contributed by atoms with Gasteiger partial charge in [-0.25, -0.2) is 0 Å². The Bertz CT molecular complexity index is 537. The summed E-state index contributed by atoms with van der Waals surface area (Å²) in [5.41, 5.74) is 0.387. The highest BCUT2D eigenvalue weighted by Gasteiger charge is 2.41. The zero-order valence-corrected chi connectivity index (χ0v) is 12.4. The molecule has 0 aromatic carbocycles. The number of hydrogen-bond donors (Lipinski definition) is 2. The van der Waals surface area contributed by atoms with Gasteiger partial charge in [-0.3, -0.25) is 14.6 Å². The zero-order chi connectivity index (χ0) is 15.5. The Morgan fingerprint density at radius 3 is 2.62 bits per heavy atom. The molecule has 6 nitrogen and oxygen atoms in total. The fraction of sp³-hybridized carbons (Fsp3) is 0.533. The van der Waals surface area contributed by atoms with E-state index in [1.54, 1.807) is 32.4 Å². The Labute approximate surface area is 124 Å². The van der Waals surface area contributed by atoms with Crippen LogP contribution in [-0.2, 0) is 4.79 Å². The molecule has 1 aliphatic rings. The number of carboxylic acid groups (broad SMARTS) is 1. The fourth-order valence-corrected chi connectivity index (χ4v) is 2.68. The predicted molar refractivity (Wildman–Crippen MR) is 79.3 cm³/mol. The van der Waals surface area contributed by atoms with E-state index in [2.05, 4.69) is 10.3 Å². The van der Waals surface area contributed by atoms with Gasteiger partial charge >= 0.3 is 5.97 Å². The van der Waals surface area contributed by atoms with Gasteiger partial charge < -0.3 is 15.3 Å². The van der Waals surface area contributed by atoms with E-state index in [-0.39, 0.29) is 5.91 Å². The van der Waals surface area contributed by atoms with Crippen molar-refractivity contribution in [3.05, 3.63) is 24.0 Å². The first-order chi connectivity index (χ1) is 9.94. The Morgan fingerprint density at radius 1 is 1.38 bits per heavy atom.